The molecular formula is C15H24ClNO2S. The average Bonchev–Trinajstić information content (AvgIpc) is 2.34. The van der Waals surface area contributed by atoms with E-state index in [1.54, 1.807) is 0 Å². The second-order valence-electron chi connectivity index (χ2n) is 5.64. The Morgan fingerprint density at radius 1 is 1.25 bits per heavy atom. The number of nitrogens with one attached hydrogen (secondary N) is 1. The molecule has 0 spiro atoms. The van der Waals surface area contributed by atoms with Crippen molar-refractivity contribution in [2.75, 3.05) is 18.6 Å². The van der Waals surface area contributed by atoms with Crippen LogP contribution in [0.15, 0.2) is 24.3 Å². The minimum atomic E-state index is -2.92. The second-order valence-corrected chi connectivity index (χ2v) is 8.31. The number of benzene rings is 1. The summed E-state index contributed by atoms with van der Waals surface area (Å²) < 4.78 is 22.7. The summed E-state index contributed by atoms with van der Waals surface area (Å²) in [5.74, 6) is 0.494. The first-order valence-electron chi connectivity index (χ1n) is 6.92. The van der Waals surface area contributed by atoms with Crippen molar-refractivity contribution in [3.8, 4) is 0 Å². The molecule has 0 heterocycles. The third kappa shape index (κ3) is 7.27. The van der Waals surface area contributed by atoms with Crippen LogP contribution in [0.4, 0.5) is 0 Å². The summed E-state index contributed by atoms with van der Waals surface area (Å²) in [6.45, 7) is 4.98. The highest BCUT2D eigenvalue weighted by Crippen LogP contribution is 2.20. The lowest BCUT2D eigenvalue weighted by Crippen LogP contribution is -2.31. The van der Waals surface area contributed by atoms with Gasteiger partial charge in [0, 0.05) is 17.3 Å². The predicted octanol–water partition coefficient (Wildman–Crippen LogP) is 2.93. The molecule has 1 unspecified atom stereocenters. The second kappa shape index (κ2) is 8.01. The van der Waals surface area contributed by atoms with Crippen LogP contribution >= 0.6 is 11.6 Å². The van der Waals surface area contributed by atoms with Gasteiger partial charge in [0.15, 0.2) is 0 Å². The SMILES string of the molecule is CC(C)NCC(CCS(C)(=O)=O)Cc1ccccc1Cl. The predicted molar refractivity (Wildman–Crippen MR) is 86.1 cm³/mol. The van der Waals surface area contributed by atoms with Crippen molar-refractivity contribution in [2.24, 2.45) is 5.92 Å². The highest BCUT2D eigenvalue weighted by molar-refractivity contribution is 7.90. The molecule has 0 saturated heterocycles. The van der Waals surface area contributed by atoms with Crippen LogP contribution in [0.3, 0.4) is 0 Å². The Bertz CT molecular complexity index is 514. The monoisotopic (exact) mass is 317 g/mol. The molecule has 0 aromatic heterocycles. The first-order valence-corrected chi connectivity index (χ1v) is 9.36. The standard InChI is InChI=1S/C15H24ClNO2S/c1-12(2)17-11-13(8-9-20(3,18)19)10-14-6-4-5-7-15(14)16/h4-7,12-13,17H,8-11H2,1-3H3. The van der Waals surface area contributed by atoms with E-state index in [0.717, 1.165) is 23.6 Å². The van der Waals surface area contributed by atoms with Gasteiger partial charge < -0.3 is 5.32 Å². The van der Waals surface area contributed by atoms with Gasteiger partial charge in [-0.25, -0.2) is 8.42 Å². The van der Waals surface area contributed by atoms with Gasteiger partial charge in [0.05, 0.1) is 5.75 Å². The van der Waals surface area contributed by atoms with Gasteiger partial charge in [-0.05, 0) is 36.9 Å². The Labute approximate surface area is 127 Å². The van der Waals surface area contributed by atoms with Crippen molar-refractivity contribution in [1.82, 2.24) is 5.32 Å². The fourth-order valence-corrected chi connectivity index (χ4v) is 3.01. The van der Waals surface area contributed by atoms with E-state index in [1.165, 1.54) is 6.26 Å². The van der Waals surface area contributed by atoms with Gasteiger partial charge in [-0.2, -0.15) is 0 Å². The molecule has 20 heavy (non-hydrogen) atoms. The molecule has 1 aromatic carbocycles. The summed E-state index contributed by atoms with van der Waals surface area (Å²) in [4.78, 5) is 0. The summed E-state index contributed by atoms with van der Waals surface area (Å²) in [6.07, 6.45) is 2.74. The molecule has 5 heteroatoms. The zero-order chi connectivity index (χ0) is 15.2. The zero-order valence-electron chi connectivity index (χ0n) is 12.4. The minimum absolute atomic E-state index is 0.224. The van der Waals surface area contributed by atoms with Crippen molar-refractivity contribution in [3.63, 3.8) is 0 Å². The number of rotatable bonds is 8. The van der Waals surface area contributed by atoms with Crippen LogP contribution in [0.5, 0.6) is 0 Å². The fraction of sp³-hybridized carbons (Fsp3) is 0.600. The molecule has 0 aliphatic rings. The quantitative estimate of drug-likeness (QED) is 0.802. The molecule has 0 aliphatic carbocycles. The molecule has 1 aromatic rings. The summed E-state index contributed by atoms with van der Waals surface area (Å²) in [5.41, 5.74) is 1.08. The number of halogens is 1. The molecule has 0 saturated carbocycles. The summed E-state index contributed by atoms with van der Waals surface area (Å²) in [7, 11) is -2.92. The van der Waals surface area contributed by atoms with Crippen molar-refractivity contribution in [1.29, 1.82) is 0 Å². The van der Waals surface area contributed by atoms with E-state index >= 15 is 0 Å². The van der Waals surface area contributed by atoms with Crippen molar-refractivity contribution in [3.05, 3.63) is 34.9 Å². The maximum absolute atomic E-state index is 11.3. The third-order valence-electron chi connectivity index (χ3n) is 3.18. The van der Waals surface area contributed by atoms with Crippen LogP contribution in [-0.4, -0.2) is 33.0 Å². The Morgan fingerprint density at radius 2 is 1.90 bits per heavy atom. The van der Waals surface area contributed by atoms with Crippen LogP contribution in [0.2, 0.25) is 5.02 Å². The summed E-state index contributed by atoms with van der Waals surface area (Å²) >= 11 is 6.18. The Balaban J connectivity index is 2.69. The zero-order valence-corrected chi connectivity index (χ0v) is 14.0. The van der Waals surface area contributed by atoms with Crippen LogP contribution < -0.4 is 5.32 Å². The number of hydrogen-bond donors (Lipinski definition) is 1. The third-order valence-corrected chi connectivity index (χ3v) is 4.52. The molecule has 0 bridgehead atoms. The van der Waals surface area contributed by atoms with E-state index in [2.05, 4.69) is 19.2 Å². The molecule has 3 nitrogen and oxygen atoms in total. The van der Waals surface area contributed by atoms with Gasteiger partial charge in [0.1, 0.15) is 9.84 Å². The summed E-state index contributed by atoms with van der Waals surface area (Å²) in [5, 5.41) is 4.13. The van der Waals surface area contributed by atoms with Crippen molar-refractivity contribution >= 4 is 21.4 Å². The lowest BCUT2D eigenvalue weighted by atomic mass is 9.96. The smallest absolute Gasteiger partial charge is 0.147 e. The van der Waals surface area contributed by atoms with E-state index in [9.17, 15) is 8.42 Å². The number of hydrogen-bond acceptors (Lipinski definition) is 3. The maximum Gasteiger partial charge on any atom is 0.147 e. The lowest BCUT2D eigenvalue weighted by molar-refractivity contribution is 0.435. The van der Waals surface area contributed by atoms with Crippen LogP contribution in [0, 0.1) is 5.92 Å². The van der Waals surface area contributed by atoms with Gasteiger partial charge in [-0.15, -0.1) is 0 Å². The van der Waals surface area contributed by atoms with Gasteiger partial charge >= 0.3 is 0 Å². The van der Waals surface area contributed by atoms with Gasteiger partial charge in [-0.3, -0.25) is 0 Å². The van der Waals surface area contributed by atoms with E-state index in [0.29, 0.717) is 12.5 Å². The molecule has 1 rings (SSSR count). The Morgan fingerprint density at radius 3 is 2.45 bits per heavy atom. The first kappa shape index (κ1) is 17.5. The maximum atomic E-state index is 11.3. The largest absolute Gasteiger partial charge is 0.314 e. The minimum Gasteiger partial charge on any atom is -0.314 e. The normalized spacial score (nSPS) is 13.7. The molecule has 1 N–H and O–H groups in total. The van der Waals surface area contributed by atoms with E-state index in [1.807, 2.05) is 24.3 Å². The lowest BCUT2D eigenvalue weighted by Gasteiger charge is -2.19. The van der Waals surface area contributed by atoms with E-state index in [-0.39, 0.29) is 11.7 Å². The van der Waals surface area contributed by atoms with E-state index in [4.69, 9.17) is 11.6 Å². The topological polar surface area (TPSA) is 46.2 Å². The molecule has 0 aliphatic heterocycles. The molecule has 0 fully saturated rings. The van der Waals surface area contributed by atoms with Crippen LogP contribution in [0.25, 0.3) is 0 Å². The van der Waals surface area contributed by atoms with Crippen LogP contribution in [0.1, 0.15) is 25.8 Å². The van der Waals surface area contributed by atoms with Crippen LogP contribution in [-0.2, 0) is 16.3 Å². The van der Waals surface area contributed by atoms with Gasteiger partial charge in [0.2, 0.25) is 0 Å². The Kier molecular flexibility index (Phi) is 7.00. The number of sulfone groups is 1. The van der Waals surface area contributed by atoms with Gasteiger partial charge in [0.25, 0.3) is 0 Å². The van der Waals surface area contributed by atoms with E-state index < -0.39 is 9.84 Å². The first-order chi connectivity index (χ1) is 9.28. The van der Waals surface area contributed by atoms with Crippen molar-refractivity contribution in [2.45, 2.75) is 32.7 Å². The molecule has 0 amide bonds. The molecule has 1 atom stereocenters. The average molecular weight is 318 g/mol. The van der Waals surface area contributed by atoms with Crippen molar-refractivity contribution < 1.29 is 8.42 Å². The summed E-state index contributed by atoms with van der Waals surface area (Å²) in [6, 6.07) is 8.14. The highest BCUT2D eigenvalue weighted by Gasteiger charge is 2.15. The Hall–Kier alpha value is -0.580. The highest BCUT2D eigenvalue weighted by atomic mass is 35.5. The molecule has 0 radical (unpaired) electrons. The van der Waals surface area contributed by atoms with Gasteiger partial charge in [-0.1, -0.05) is 43.6 Å². The molecule has 114 valence electrons. The molecular weight excluding hydrogens is 294 g/mol. The fourth-order valence-electron chi connectivity index (χ4n) is 2.03.